The first kappa shape index (κ1) is 22.4. The van der Waals surface area contributed by atoms with Crippen molar-refractivity contribution in [2.75, 3.05) is 0 Å². The smallest absolute Gasteiger partial charge is 0.316 e. The van der Waals surface area contributed by atoms with Crippen LogP contribution in [0.2, 0.25) is 0 Å². The number of nitrogens with zero attached hydrogens (tertiary/aromatic N) is 3. The lowest BCUT2D eigenvalue weighted by molar-refractivity contribution is -0.137. The van der Waals surface area contributed by atoms with Gasteiger partial charge in [-0.25, -0.2) is 9.17 Å². The van der Waals surface area contributed by atoms with Crippen LogP contribution in [0.5, 0.6) is 0 Å². The van der Waals surface area contributed by atoms with E-state index in [1.54, 1.807) is 0 Å². The van der Waals surface area contributed by atoms with E-state index < -0.39 is 39.9 Å². The van der Waals surface area contributed by atoms with Gasteiger partial charge in [0.05, 0.1) is 35.2 Å². The van der Waals surface area contributed by atoms with E-state index in [-0.39, 0.29) is 28.0 Å². The first-order chi connectivity index (χ1) is 15.4. The average molecular weight is 482 g/mol. The second-order valence-corrected chi connectivity index (χ2v) is 7.90. The Hall–Kier alpha value is -3.75. The molecule has 0 aliphatic rings. The molecule has 0 saturated carbocycles. The molecule has 33 heavy (non-hydrogen) atoms. The van der Waals surface area contributed by atoms with E-state index in [0.717, 1.165) is 21.5 Å². The number of aromatic amines is 1. The van der Waals surface area contributed by atoms with Gasteiger partial charge in [-0.2, -0.15) is 21.6 Å². The van der Waals surface area contributed by atoms with Gasteiger partial charge in [0.1, 0.15) is 0 Å². The minimum atomic E-state index is -4.78. The van der Waals surface area contributed by atoms with E-state index in [9.17, 15) is 31.2 Å². The lowest BCUT2D eigenvalue weighted by Gasteiger charge is -2.17. The predicted octanol–water partition coefficient (Wildman–Crippen LogP) is 2.20. The van der Waals surface area contributed by atoms with Crippen molar-refractivity contribution in [3.8, 4) is 11.4 Å². The number of nitrogens with one attached hydrogen (secondary N) is 1. The topological polar surface area (TPSA) is 136 Å². The Bertz CT molecular complexity index is 1570. The van der Waals surface area contributed by atoms with Gasteiger partial charge in [-0.1, -0.05) is 12.1 Å². The predicted molar refractivity (Wildman–Crippen MR) is 109 cm³/mol. The number of H-pyrrole nitrogens is 1. The van der Waals surface area contributed by atoms with E-state index >= 15 is 0 Å². The van der Waals surface area contributed by atoms with E-state index in [0.29, 0.717) is 6.07 Å². The fourth-order valence-corrected chi connectivity index (χ4v) is 3.56. The molecule has 2 N–H and O–H groups in total. The zero-order valence-corrected chi connectivity index (χ0v) is 17.1. The molecule has 0 bridgehead atoms. The number of imidazole rings is 1. The van der Waals surface area contributed by atoms with Gasteiger partial charge < -0.3 is 9.55 Å². The Morgan fingerprint density at radius 2 is 1.91 bits per heavy atom. The van der Waals surface area contributed by atoms with Gasteiger partial charge >= 0.3 is 27.7 Å². The van der Waals surface area contributed by atoms with Crippen molar-refractivity contribution in [3.63, 3.8) is 0 Å². The third-order valence-electron chi connectivity index (χ3n) is 4.63. The van der Waals surface area contributed by atoms with Crippen molar-refractivity contribution in [2.24, 2.45) is 0 Å². The number of alkyl halides is 3. The second-order valence-electron chi connectivity index (χ2n) is 6.81. The fraction of sp³-hybridized carbons (Fsp3) is 0.105. The number of benzene rings is 2. The largest absolute Gasteiger partial charge is 0.418 e. The molecule has 0 aliphatic carbocycles. The maximum absolute atomic E-state index is 13.7. The Kier molecular flexibility index (Phi) is 5.43. The van der Waals surface area contributed by atoms with E-state index in [1.807, 2.05) is 0 Å². The number of aromatic nitrogens is 4. The molecule has 172 valence electrons. The Morgan fingerprint density at radius 1 is 1.15 bits per heavy atom. The van der Waals surface area contributed by atoms with E-state index in [4.69, 9.17) is 4.55 Å². The molecule has 0 atom stereocenters. The molecule has 14 heteroatoms. The zero-order chi connectivity index (χ0) is 24.0. The number of halogens is 3. The first-order valence-electron chi connectivity index (χ1n) is 9.04. The third-order valence-corrected chi connectivity index (χ3v) is 5.05. The molecule has 0 saturated heterocycles. The molecule has 2 aromatic heterocycles. The van der Waals surface area contributed by atoms with Crippen LogP contribution in [0, 0.1) is 0 Å². The third kappa shape index (κ3) is 4.57. The molecular weight excluding hydrogens is 469 g/mol. The normalized spacial score (nSPS) is 12.4. The van der Waals surface area contributed by atoms with Crippen LogP contribution in [-0.4, -0.2) is 32.1 Å². The molecule has 0 radical (unpaired) electrons. The summed E-state index contributed by atoms with van der Waals surface area (Å²) in [6.45, 7) is -0.582. The van der Waals surface area contributed by atoms with Crippen molar-refractivity contribution in [1.29, 1.82) is 0 Å². The standard InChI is InChI=1S/C19H13F3N4O6S/c20-19(21,22)13-7-14-16(8-15(13)25-5-4-23-10-25)26(18(28)17(27)24-14)12-3-1-2-11(6-12)9-32-33(29,30)31/h1-8,10H,9H2,(H,24,27)(H,29,30,31). The summed E-state index contributed by atoms with van der Waals surface area (Å²) in [6, 6.07) is 7.32. The van der Waals surface area contributed by atoms with Gasteiger partial charge in [-0.15, -0.1) is 0 Å². The molecule has 0 amide bonds. The fourth-order valence-electron chi connectivity index (χ4n) is 3.28. The molecule has 4 aromatic rings. The van der Waals surface area contributed by atoms with Crippen LogP contribution in [0.3, 0.4) is 0 Å². The molecule has 0 unspecified atom stereocenters. The number of hydrogen-bond acceptors (Lipinski definition) is 6. The summed E-state index contributed by atoms with van der Waals surface area (Å²) < 4.78 is 77.9. The Labute approximate surface area is 182 Å². The number of hydrogen-bond donors (Lipinski definition) is 2. The van der Waals surface area contributed by atoms with Crippen LogP contribution in [0.15, 0.2) is 64.7 Å². The monoisotopic (exact) mass is 482 g/mol. The maximum Gasteiger partial charge on any atom is 0.418 e. The van der Waals surface area contributed by atoms with Crippen molar-refractivity contribution in [2.45, 2.75) is 12.8 Å². The van der Waals surface area contributed by atoms with Crippen LogP contribution >= 0.6 is 0 Å². The summed E-state index contributed by atoms with van der Waals surface area (Å²) in [4.78, 5) is 30.8. The summed E-state index contributed by atoms with van der Waals surface area (Å²) >= 11 is 0. The maximum atomic E-state index is 13.7. The highest BCUT2D eigenvalue weighted by Gasteiger charge is 2.35. The van der Waals surface area contributed by atoms with Gasteiger partial charge in [-0.05, 0) is 29.8 Å². The van der Waals surface area contributed by atoms with Crippen LogP contribution in [-0.2, 0) is 27.4 Å². The van der Waals surface area contributed by atoms with Gasteiger partial charge in [0.15, 0.2) is 0 Å². The summed E-state index contributed by atoms with van der Waals surface area (Å²) in [6.07, 6.45) is -1.06. The Balaban J connectivity index is 2.00. The molecule has 10 nitrogen and oxygen atoms in total. The molecule has 0 spiro atoms. The van der Waals surface area contributed by atoms with E-state index in [1.165, 1.54) is 36.7 Å². The molecule has 2 aromatic carbocycles. The Morgan fingerprint density at radius 3 is 2.55 bits per heavy atom. The van der Waals surface area contributed by atoms with Crippen LogP contribution < -0.4 is 11.1 Å². The van der Waals surface area contributed by atoms with Gasteiger partial charge in [0.25, 0.3) is 0 Å². The van der Waals surface area contributed by atoms with Crippen molar-refractivity contribution in [1.82, 2.24) is 19.1 Å². The van der Waals surface area contributed by atoms with E-state index in [2.05, 4.69) is 14.2 Å². The van der Waals surface area contributed by atoms with Gasteiger partial charge in [-0.3, -0.25) is 18.7 Å². The molecule has 4 rings (SSSR count). The second kappa shape index (κ2) is 7.99. The molecule has 0 aliphatic heterocycles. The highest BCUT2D eigenvalue weighted by Crippen LogP contribution is 2.36. The van der Waals surface area contributed by atoms with Crippen molar-refractivity contribution >= 4 is 21.4 Å². The lowest BCUT2D eigenvalue weighted by Crippen LogP contribution is -2.35. The summed E-state index contributed by atoms with van der Waals surface area (Å²) in [7, 11) is -4.74. The lowest BCUT2D eigenvalue weighted by atomic mass is 10.1. The minimum Gasteiger partial charge on any atom is -0.316 e. The van der Waals surface area contributed by atoms with Crippen LogP contribution in [0.1, 0.15) is 11.1 Å². The highest BCUT2D eigenvalue weighted by atomic mass is 32.3. The van der Waals surface area contributed by atoms with Crippen LogP contribution in [0.4, 0.5) is 13.2 Å². The zero-order valence-electron chi connectivity index (χ0n) is 16.3. The minimum absolute atomic E-state index is 0.0517. The number of fused-ring (bicyclic) bond motifs is 1. The van der Waals surface area contributed by atoms with Gasteiger partial charge in [0.2, 0.25) is 0 Å². The molecule has 0 fully saturated rings. The first-order valence-corrected chi connectivity index (χ1v) is 10.4. The molecule has 2 heterocycles. The summed E-state index contributed by atoms with van der Waals surface area (Å²) in [5, 5.41) is 0. The SMILES string of the molecule is O=c1[nH]c2cc(C(F)(F)F)c(-n3ccnc3)cc2n(-c2cccc(COS(=O)(=O)O)c2)c1=O. The van der Waals surface area contributed by atoms with Crippen LogP contribution in [0.25, 0.3) is 22.4 Å². The van der Waals surface area contributed by atoms with Crippen molar-refractivity contribution < 1.29 is 30.3 Å². The number of rotatable bonds is 5. The summed E-state index contributed by atoms with van der Waals surface area (Å²) in [5.41, 5.74) is -3.68. The molecular formula is C19H13F3N4O6S. The quantitative estimate of drug-likeness (QED) is 0.329. The highest BCUT2D eigenvalue weighted by molar-refractivity contribution is 7.80. The average Bonchev–Trinajstić information content (AvgIpc) is 3.26. The summed E-state index contributed by atoms with van der Waals surface area (Å²) in [5.74, 6) is 0. The van der Waals surface area contributed by atoms with Crippen molar-refractivity contribution in [3.05, 3.63) is 87.0 Å². The van der Waals surface area contributed by atoms with Gasteiger partial charge in [0, 0.05) is 18.1 Å².